The number of aryl methyl sites for hydroxylation is 1. The Morgan fingerprint density at radius 2 is 1.85 bits per heavy atom. The molecule has 3 rings (SSSR count). The molecule has 0 spiro atoms. The van der Waals surface area contributed by atoms with Gasteiger partial charge < -0.3 is 15.5 Å². The quantitative estimate of drug-likeness (QED) is 0.769. The Morgan fingerprint density at radius 1 is 1.07 bits per heavy atom. The maximum Gasteiger partial charge on any atom is 0.322 e. The van der Waals surface area contributed by atoms with E-state index in [1.54, 1.807) is 0 Å². The van der Waals surface area contributed by atoms with Crippen LogP contribution in [0.2, 0.25) is 0 Å². The number of fused-ring (bicyclic) bond motifs is 1. The fourth-order valence-corrected chi connectivity index (χ4v) is 4.39. The minimum Gasteiger partial charge on any atom is -0.356 e. The van der Waals surface area contributed by atoms with Crippen molar-refractivity contribution in [3.05, 3.63) is 29.3 Å². The number of nitrogens with one attached hydrogen (secondary N) is 2. The first-order chi connectivity index (χ1) is 13.1. The van der Waals surface area contributed by atoms with Gasteiger partial charge in [-0.05, 0) is 56.7 Å². The predicted molar refractivity (Wildman–Crippen MR) is 109 cm³/mol. The molecule has 2 atom stereocenters. The number of amides is 3. The summed E-state index contributed by atoms with van der Waals surface area (Å²) >= 11 is 0. The van der Waals surface area contributed by atoms with Gasteiger partial charge in [0.05, 0.1) is 5.92 Å². The summed E-state index contributed by atoms with van der Waals surface area (Å²) in [4.78, 5) is 27.9. The summed E-state index contributed by atoms with van der Waals surface area (Å²) in [6.07, 6.45) is 8.17. The van der Waals surface area contributed by atoms with Crippen LogP contribution in [-0.2, 0) is 4.79 Å². The van der Waals surface area contributed by atoms with Gasteiger partial charge in [-0.2, -0.15) is 0 Å². The van der Waals surface area contributed by atoms with E-state index in [0.717, 1.165) is 75.7 Å². The van der Waals surface area contributed by atoms with Crippen LogP contribution < -0.4 is 10.6 Å². The average molecular weight is 372 g/mol. The molecule has 3 amide bonds. The maximum atomic E-state index is 13.2. The van der Waals surface area contributed by atoms with Gasteiger partial charge in [0.25, 0.3) is 0 Å². The molecule has 1 aromatic rings. The molecule has 0 bridgehead atoms. The number of anilines is 1. The zero-order chi connectivity index (χ0) is 19.2. The number of hydrogen-bond donors (Lipinski definition) is 2. The highest BCUT2D eigenvalue weighted by Gasteiger charge is 2.37. The minimum atomic E-state index is -0.0822. The Hall–Kier alpha value is -2.04. The molecule has 5 heteroatoms. The van der Waals surface area contributed by atoms with Gasteiger partial charge in [0, 0.05) is 24.8 Å². The Labute approximate surface area is 162 Å². The van der Waals surface area contributed by atoms with Gasteiger partial charge in [-0.15, -0.1) is 0 Å². The molecule has 5 nitrogen and oxygen atoms in total. The van der Waals surface area contributed by atoms with Gasteiger partial charge in [-0.25, -0.2) is 4.79 Å². The third-order valence-corrected chi connectivity index (χ3v) is 6.20. The Bertz CT molecular complexity index is 674. The van der Waals surface area contributed by atoms with Crippen molar-refractivity contribution >= 4 is 17.6 Å². The second-order valence-corrected chi connectivity index (χ2v) is 8.03. The molecule has 27 heavy (non-hydrogen) atoms. The SMILES string of the molecule is Cc1cccc(NC(=O)N2CCCCCCNC(=O)[C@@H]3CCCC[C@@H]32)c1C. The van der Waals surface area contributed by atoms with E-state index in [-0.39, 0.29) is 23.9 Å². The Morgan fingerprint density at radius 3 is 2.70 bits per heavy atom. The molecule has 1 aromatic carbocycles. The van der Waals surface area contributed by atoms with E-state index >= 15 is 0 Å². The van der Waals surface area contributed by atoms with Gasteiger partial charge in [-0.1, -0.05) is 37.8 Å². The third kappa shape index (κ3) is 4.82. The smallest absolute Gasteiger partial charge is 0.322 e. The van der Waals surface area contributed by atoms with E-state index in [0.29, 0.717) is 0 Å². The second-order valence-electron chi connectivity index (χ2n) is 8.03. The fourth-order valence-electron chi connectivity index (χ4n) is 4.39. The van der Waals surface area contributed by atoms with Crippen LogP contribution >= 0.6 is 0 Å². The van der Waals surface area contributed by atoms with Crippen LogP contribution in [0.5, 0.6) is 0 Å². The third-order valence-electron chi connectivity index (χ3n) is 6.20. The lowest BCUT2D eigenvalue weighted by atomic mass is 9.82. The van der Waals surface area contributed by atoms with Crippen LogP contribution in [0.3, 0.4) is 0 Å². The normalized spacial score (nSPS) is 24.4. The summed E-state index contributed by atoms with van der Waals surface area (Å²) < 4.78 is 0. The monoisotopic (exact) mass is 371 g/mol. The minimum absolute atomic E-state index is 0.00182. The van der Waals surface area contributed by atoms with E-state index < -0.39 is 0 Å². The first-order valence-corrected chi connectivity index (χ1v) is 10.5. The van der Waals surface area contributed by atoms with E-state index in [1.807, 2.05) is 24.0 Å². The van der Waals surface area contributed by atoms with Gasteiger partial charge in [0.15, 0.2) is 0 Å². The van der Waals surface area contributed by atoms with Crippen molar-refractivity contribution in [2.24, 2.45) is 5.92 Å². The zero-order valence-corrected chi connectivity index (χ0v) is 16.7. The molecular formula is C22H33N3O2. The Kier molecular flexibility index (Phi) is 6.75. The Balaban J connectivity index is 1.82. The lowest BCUT2D eigenvalue weighted by Crippen LogP contribution is -2.52. The molecule has 0 unspecified atom stereocenters. The molecule has 2 N–H and O–H groups in total. The number of hydrogen-bond acceptors (Lipinski definition) is 2. The highest BCUT2D eigenvalue weighted by Crippen LogP contribution is 2.30. The van der Waals surface area contributed by atoms with Crippen molar-refractivity contribution in [1.82, 2.24) is 10.2 Å². The van der Waals surface area contributed by atoms with Crippen molar-refractivity contribution < 1.29 is 9.59 Å². The van der Waals surface area contributed by atoms with E-state index in [1.165, 1.54) is 5.56 Å². The standard InChI is InChI=1S/C22H33N3O2/c1-16-10-9-12-19(17(16)2)24-22(27)25-15-8-4-3-7-14-23-21(26)18-11-5-6-13-20(18)25/h9-10,12,18,20H,3-8,11,13-15H2,1-2H3,(H,23,26)(H,24,27)/t18-,20+/m1/s1. The summed E-state index contributed by atoms with van der Waals surface area (Å²) in [5.41, 5.74) is 3.13. The lowest BCUT2D eigenvalue weighted by molar-refractivity contribution is -0.127. The van der Waals surface area contributed by atoms with Gasteiger partial charge in [0.1, 0.15) is 0 Å². The summed E-state index contributed by atoms with van der Waals surface area (Å²) in [7, 11) is 0. The molecular weight excluding hydrogens is 338 g/mol. The number of carbonyl (C=O) groups excluding carboxylic acids is 2. The van der Waals surface area contributed by atoms with Crippen molar-refractivity contribution in [2.45, 2.75) is 71.3 Å². The molecule has 1 heterocycles. The number of rotatable bonds is 1. The molecule has 2 aliphatic rings. The van der Waals surface area contributed by atoms with E-state index in [2.05, 4.69) is 23.6 Å². The van der Waals surface area contributed by atoms with Gasteiger partial charge in [0.2, 0.25) is 5.91 Å². The highest BCUT2D eigenvalue weighted by molar-refractivity contribution is 5.91. The topological polar surface area (TPSA) is 61.4 Å². The summed E-state index contributed by atoms with van der Waals surface area (Å²) in [6.45, 7) is 5.58. The molecule has 1 saturated heterocycles. The lowest BCUT2D eigenvalue weighted by Gasteiger charge is -2.39. The first-order valence-electron chi connectivity index (χ1n) is 10.5. The van der Waals surface area contributed by atoms with Crippen LogP contribution in [0, 0.1) is 19.8 Å². The largest absolute Gasteiger partial charge is 0.356 e. The molecule has 0 radical (unpaired) electrons. The fraction of sp³-hybridized carbons (Fsp3) is 0.636. The van der Waals surface area contributed by atoms with E-state index in [4.69, 9.17) is 0 Å². The molecule has 2 fully saturated rings. The molecule has 0 aromatic heterocycles. The summed E-state index contributed by atoms with van der Waals surface area (Å²) in [6, 6.07) is 5.92. The summed E-state index contributed by atoms with van der Waals surface area (Å²) in [5.74, 6) is 0.0485. The van der Waals surface area contributed by atoms with E-state index in [9.17, 15) is 9.59 Å². The van der Waals surface area contributed by atoms with Gasteiger partial charge >= 0.3 is 6.03 Å². The number of urea groups is 1. The van der Waals surface area contributed by atoms with Crippen molar-refractivity contribution in [1.29, 1.82) is 0 Å². The zero-order valence-electron chi connectivity index (χ0n) is 16.7. The number of benzene rings is 1. The van der Waals surface area contributed by atoms with Crippen LogP contribution in [-0.4, -0.2) is 36.0 Å². The summed E-state index contributed by atoms with van der Waals surface area (Å²) in [5, 5.41) is 6.23. The number of nitrogens with zero attached hydrogens (tertiary/aromatic N) is 1. The molecule has 1 aliphatic carbocycles. The van der Waals surface area contributed by atoms with Crippen LogP contribution in [0.1, 0.15) is 62.5 Å². The highest BCUT2D eigenvalue weighted by atomic mass is 16.2. The molecule has 148 valence electrons. The predicted octanol–water partition coefficient (Wildman–Crippen LogP) is 4.39. The van der Waals surface area contributed by atoms with Crippen LogP contribution in [0.4, 0.5) is 10.5 Å². The van der Waals surface area contributed by atoms with Gasteiger partial charge in [-0.3, -0.25) is 4.79 Å². The molecule has 1 aliphatic heterocycles. The average Bonchev–Trinajstić information content (AvgIpc) is 2.70. The number of carbonyl (C=O) groups is 2. The molecule has 1 saturated carbocycles. The van der Waals surface area contributed by atoms with Crippen LogP contribution in [0.25, 0.3) is 0 Å². The first kappa shape index (κ1) is 19.7. The maximum absolute atomic E-state index is 13.2. The van der Waals surface area contributed by atoms with Crippen molar-refractivity contribution in [3.8, 4) is 0 Å². The van der Waals surface area contributed by atoms with Crippen LogP contribution in [0.15, 0.2) is 18.2 Å². The van der Waals surface area contributed by atoms with Crippen molar-refractivity contribution in [2.75, 3.05) is 18.4 Å². The van der Waals surface area contributed by atoms with Crippen molar-refractivity contribution in [3.63, 3.8) is 0 Å². The second kappa shape index (κ2) is 9.25.